The molecule has 3 aromatic rings. The summed E-state index contributed by atoms with van der Waals surface area (Å²) in [5.74, 6) is 0. The van der Waals surface area contributed by atoms with E-state index in [1.807, 2.05) is 36.4 Å². The van der Waals surface area contributed by atoms with Crippen molar-refractivity contribution in [3.63, 3.8) is 0 Å². The van der Waals surface area contributed by atoms with Gasteiger partial charge in [-0.1, -0.05) is 72.8 Å². The van der Waals surface area contributed by atoms with Crippen LogP contribution in [0.2, 0.25) is 0 Å². The quantitative estimate of drug-likeness (QED) is 0.715. The zero-order valence-electron chi connectivity index (χ0n) is 13.0. The lowest BCUT2D eigenvalue weighted by atomic mass is 9.96. The molecule has 0 aliphatic heterocycles. The topological polar surface area (TPSA) is 20.2 Å². The van der Waals surface area contributed by atoms with Gasteiger partial charge in [-0.25, -0.2) is 0 Å². The van der Waals surface area contributed by atoms with Crippen LogP contribution in [-0.4, -0.2) is 5.11 Å². The molecule has 3 rings (SSSR count). The molecule has 0 saturated heterocycles. The summed E-state index contributed by atoms with van der Waals surface area (Å²) in [6.07, 6.45) is -0.580. The lowest BCUT2D eigenvalue weighted by Crippen LogP contribution is -2.00. The molecule has 0 radical (unpaired) electrons. The van der Waals surface area contributed by atoms with Crippen molar-refractivity contribution in [2.75, 3.05) is 0 Å². The van der Waals surface area contributed by atoms with Crippen molar-refractivity contribution in [1.82, 2.24) is 0 Å². The molecule has 0 fully saturated rings. The Kier molecular flexibility index (Phi) is 4.08. The first kappa shape index (κ1) is 14.6. The highest BCUT2D eigenvalue weighted by atomic mass is 16.3. The van der Waals surface area contributed by atoms with Gasteiger partial charge in [-0.05, 0) is 47.2 Å². The van der Waals surface area contributed by atoms with E-state index in [0.717, 1.165) is 16.7 Å². The summed E-state index contributed by atoms with van der Waals surface area (Å²) >= 11 is 0. The first-order valence-electron chi connectivity index (χ1n) is 7.56. The Hall–Kier alpha value is -2.38. The fourth-order valence-electron chi connectivity index (χ4n) is 2.62. The molecule has 0 spiro atoms. The van der Waals surface area contributed by atoms with Crippen LogP contribution in [0.15, 0.2) is 72.8 Å². The lowest BCUT2D eigenvalue weighted by molar-refractivity contribution is 0.220. The molecule has 0 unspecified atom stereocenters. The van der Waals surface area contributed by atoms with Gasteiger partial charge in [0.25, 0.3) is 0 Å². The third kappa shape index (κ3) is 2.95. The second-order valence-corrected chi connectivity index (χ2v) is 5.73. The first-order chi connectivity index (χ1) is 10.6. The molecule has 0 aromatic heterocycles. The van der Waals surface area contributed by atoms with Gasteiger partial charge in [0, 0.05) is 0 Å². The largest absolute Gasteiger partial charge is 0.384 e. The van der Waals surface area contributed by atoms with E-state index in [0.29, 0.717) is 0 Å². The smallest absolute Gasteiger partial charge is 0.104 e. The van der Waals surface area contributed by atoms with Gasteiger partial charge in [-0.3, -0.25) is 0 Å². The van der Waals surface area contributed by atoms with Crippen LogP contribution in [0.1, 0.15) is 28.4 Å². The summed E-state index contributed by atoms with van der Waals surface area (Å²) in [7, 11) is 0. The molecule has 0 amide bonds. The normalized spacial score (nSPS) is 12.1. The minimum atomic E-state index is -0.580. The van der Waals surface area contributed by atoms with E-state index < -0.39 is 6.10 Å². The summed E-state index contributed by atoms with van der Waals surface area (Å²) in [6, 6.07) is 24.5. The summed E-state index contributed by atoms with van der Waals surface area (Å²) in [5, 5.41) is 10.6. The Morgan fingerprint density at radius 2 is 1.23 bits per heavy atom. The summed E-state index contributed by atoms with van der Waals surface area (Å²) in [6.45, 7) is 4.16. The summed E-state index contributed by atoms with van der Waals surface area (Å²) in [5.41, 5.74) is 6.66. The highest BCUT2D eigenvalue weighted by molar-refractivity contribution is 5.63. The maximum atomic E-state index is 10.6. The van der Waals surface area contributed by atoms with Gasteiger partial charge >= 0.3 is 0 Å². The Labute approximate surface area is 131 Å². The summed E-state index contributed by atoms with van der Waals surface area (Å²) in [4.78, 5) is 0. The molecule has 0 aliphatic carbocycles. The molecular formula is C21H20O. The second kappa shape index (κ2) is 6.17. The molecule has 0 saturated carbocycles. The third-order valence-electron chi connectivity index (χ3n) is 4.18. The second-order valence-electron chi connectivity index (χ2n) is 5.73. The lowest BCUT2D eigenvalue weighted by Gasteiger charge is -2.14. The van der Waals surface area contributed by atoms with Crippen molar-refractivity contribution < 1.29 is 5.11 Å². The van der Waals surface area contributed by atoms with Gasteiger partial charge in [-0.2, -0.15) is 0 Å². The molecule has 1 N–H and O–H groups in total. The molecule has 1 heteroatoms. The van der Waals surface area contributed by atoms with Gasteiger partial charge in [0.15, 0.2) is 0 Å². The van der Waals surface area contributed by atoms with Crippen LogP contribution >= 0.6 is 0 Å². The number of rotatable bonds is 3. The van der Waals surface area contributed by atoms with Crippen LogP contribution in [0, 0.1) is 13.8 Å². The van der Waals surface area contributed by atoms with Crippen LogP contribution < -0.4 is 0 Å². The fourth-order valence-corrected chi connectivity index (χ4v) is 2.62. The molecule has 1 nitrogen and oxygen atoms in total. The minimum Gasteiger partial charge on any atom is -0.384 e. The maximum Gasteiger partial charge on any atom is 0.104 e. The van der Waals surface area contributed by atoms with Crippen LogP contribution in [0.3, 0.4) is 0 Å². The molecule has 22 heavy (non-hydrogen) atoms. The monoisotopic (exact) mass is 288 g/mol. The van der Waals surface area contributed by atoms with Crippen molar-refractivity contribution in [3.05, 3.63) is 95.1 Å². The minimum absolute atomic E-state index is 0.580. The van der Waals surface area contributed by atoms with Crippen LogP contribution in [0.25, 0.3) is 11.1 Å². The molecular weight excluding hydrogens is 268 g/mol. The summed E-state index contributed by atoms with van der Waals surface area (Å²) < 4.78 is 0. The van der Waals surface area contributed by atoms with Gasteiger partial charge in [-0.15, -0.1) is 0 Å². The van der Waals surface area contributed by atoms with Crippen molar-refractivity contribution >= 4 is 0 Å². The van der Waals surface area contributed by atoms with Gasteiger partial charge in [0.2, 0.25) is 0 Å². The molecule has 0 aliphatic rings. The maximum absolute atomic E-state index is 10.6. The molecule has 0 heterocycles. The van der Waals surface area contributed by atoms with Crippen molar-refractivity contribution in [2.24, 2.45) is 0 Å². The molecule has 3 aromatic carbocycles. The Morgan fingerprint density at radius 3 is 1.86 bits per heavy atom. The van der Waals surface area contributed by atoms with Gasteiger partial charge < -0.3 is 5.11 Å². The molecule has 110 valence electrons. The average molecular weight is 288 g/mol. The Morgan fingerprint density at radius 1 is 0.636 bits per heavy atom. The number of aliphatic hydroxyl groups is 1. The standard InChI is InChI=1S/C21H20O/c1-15-8-9-20(14-16(15)2)21(22)19-12-10-18(11-13-19)17-6-4-3-5-7-17/h3-14,21-22H,1-2H3/t21-/m1/s1. The van der Waals surface area contributed by atoms with Gasteiger partial charge in [0.05, 0.1) is 0 Å². The van der Waals surface area contributed by atoms with E-state index in [4.69, 9.17) is 0 Å². The van der Waals surface area contributed by atoms with Crippen molar-refractivity contribution in [3.8, 4) is 11.1 Å². The Balaban J connectivity index is 1.87. The Bertz CT molecular complexity index is 758. The van der Waals surface area contributed by atoms with E-state index in [1.54, 1.807) is 0 Å². The highest BCUT2D eigenvalue weighted by Gasteiger charge is 2.11. The fraction of sp³-hybridized carbons (Fsp3) is 0.143. The van der Waals surface area contributed by atoms with E-state index >= 15 is 0 Å². The zero-order chi connectivity index (χ0) is 15.5. The van der Waals surface area contributed by atoms with Gasteiger partial charge in [0.1, 0.15) is 6.10 Å². The first-order valence-corrected chi connectivity index (χ1v) is 7.56. The zero-order valence-corrected chi connectivity index (χ0v) is 13.0. The van der Waals surface area contributed by atoms with E-state index in [2.05, 4.69) is 50.2 Å². The third-order valence-corrected chi connectivity index (χ3v) is 4.18. The van der Waals surface area contributed by atoms with Crippen molar-refractivity contribution in [2.45, 2.75) is 20.0 Å². The van der Waals surface area contributed by atoms with Crippen molar-refractivity contribution in [1.29, 1.82) is 0 Å². The van der Waals surface area contributed by atoms with Crippen LogP contribution in [-0.2, 0) is 0 Å². The predicted molar refractivity (Wildman–Crippen MR) is 91.9 cm³/mol. The number of hydrogen-bond donors (Lipinski definition) is 1. The molecule has 1 atom stereocenters. The SMILES string of the molecule is Cc1ccc([C@H](O)c2ccc(-c3ccccc3)cc2)cc1C. The number of aliphatic hydroxyl groups excluding tert-OH is 1. The number of benzene rings is 3. The van der Waals surface area contributed by atoms with Crippen LogP contribution in [0.5, 0.6) is 0 Å². The number of hydrogen-bond acceptors (Lipinski definition) is 1. The predicted octanol–water partition coefficient (Wildman–Crippen LogP) is 5.05. The highest BCUT2D eigenvalue weighted by Crippen LogP contribution is 2.26. The van der Waals surface area contributed by atoms with E-state index in [9.17, 15) is 5.11 Å². The average Bonchev–Trinajstić information content (AvgIpc) is 2.58. The van der Waals surface area contributed by atoms with E-state index in [-0.39, 0.29) is 0 Å². The van der Waals surface area contributed by atoms with E-state index in [1.165, 1.54) is 16.7 Å². The number of aryl methyl sites for hydroxylation is 2. The molecule has 0 bridgehead atoms. The van der Waals surface area contributed by atoms with Crippen LogP contribution in [0.4, 0.5) is 0 Å².